The Morgan fingerprint density at radius 1 is 1.15 bits per heavy atom. The Bertz CT molecular complexity index is 352. The molecule has 68 valence electrons. The fraction of sp³-hybridized carbons (Fsp3) is 0.833. The van der Waals surface area contributed by atoms with Crippen LogP contribution in [0.25, 0.3) is 0 Å². The molecule has 1 N–H and O–H groups in total. The first-order chi connectivity index (χ1) is 6.39. The highest BCUT2D eigenvalue weighted by molar-refractivity contribution is 5.53. The Hall–Kier alpha value is -0.300. The molecule has 0 aromatic heterocycles. The van der Waals surface area contributed by atoms with E-state index in [1.165, 1.54) is 25.8 Å². The molecular formula is C12H15N. The first-order valence-corrected chi connectivity index (χ1v) is 5.88. The minimum absolute atomic E-state index is 0.585. The SMILES string of the molecule is C1NC23CC1C2=C1C2CCC2C1C3. The van der Waals surface area contributed by atoms with Gasteiger partial charge in [0.2, 0.25) is 0 Å². The summed E-state index contributed by atoms with van der Waals surface area (Å²) in [6.45, 7) is 1.31. The van der Waals surface area contributed by atoms with Gasteiger partial charge in [0.05, 0.1) is 0 Å². The van der Waals surface area contributed by atoms with Crippen LogP contribution in [-0.2, 0) is 0 Å². The molecule has 6 aliphatic rings. The van der Waals surface area contributed by atoms with Gasteiger partial charge in [-0.2, -0.15) is 0 Å². The van der Waals surface area contributed by atoms with Crippen LogP contribution >= 0.6 is 0 Å². The molecule has 0 amide bonds. The fourth-order valence-electron chi connectivity index (χ4n) is 5.15. The number of rotatable bonds is 0. The van der Waals surface area contributed by atoms with Crippen molar-refractivity contribution < 1.29 is 0 Å². The Kier molecular flexibility index (Phi) is 0.728. The summed E-state index contributed by atoms with van der Waals surface area (Å²) in [5.74, 6) is 4.28. The van der Waals surface area contributed by atoms with Crippen LogP contribution in [0.2, 0.25) is 0 Å². The average Bonchev–Trinajstić information content (AvgIpc) is 2.61. The summed E-state index contributed by atoms with van der Waals surface area (Å²) in [6, 6.07) is 0. The molecule has 5 atom stereocenters. The lowest BCUT2D eigenvalue weighted by Gasteiger charge is -2.54. The maximum atomic E-state index is 3.78. The highest BCUT2D eigenvalue weighted by Gasteiger charge is 2.68. The number of hydrogen-bond acceptors (Lipinski definition) is 1. The molecule has 13 heavy (non-hydrogen) atoms. The van der Waals surface area contributed by atoms with Gasteiger partial charge in [-0.15, -0.1) is 0 Å². The van der Waals surface area contributed by atoms with Gasteiger partial charge >= 0.3 is 0 Å². The standard InChI is InChI=1S/C12H15N/c1-2-8-7(1)9-4-12-3-6(5-13-12)11(12)10(8)9/h6-9,13H,1-5H2. The zero-order valence-corrected chi connectivity index (χ0v) is 7.84. The summed E-state index contributed by atoms with van der Waals surface area (Å²) in [4.78, 5) is 0. The molecule has 4 aliphatic carbocycles. The second-order valence-electron chi connectivity index (χ2n) is 5.89. The highest BCUT2D eigenvalue weighted by Crippen LogP contribution is 2.72. The van der Waals surface area contributed by atoms with Crippen LogP contribution in [0.4, 0.5) is 0 Å². The molecule has 1 spiro atoms. The van der Waals surface area contributed by atoms with Crippen molar-refractivity contribution in [2.24, 2.45) is 23.7 Å². The van der Waals surface area contributed by atoms with E-state index in [1.54, 1.807) is 6.42 Å². The van der Waals surface area contributed by atoms with E-state index in [9.17, 15) is 0 Å². The molecule has 5 fully saturated rings. The van der Waals surface area contributed by atoms with E-state index in [1.807, 2.05) is 11.1 Å². The number of fused-ring (bicyclic) bond motifs is 5. The van der Waals surface area contributed by atoms with Gasteiger partial charge in [0, 0.05) is 12.1 Å². The van der Waals surface area contributed by atoms with Crippen LogP contribution in [0, 0.1) is 23.7 Å². The van der Waals surface area contributed by atoms with Crippen LogP contribution in [-0.4, -0.2) is 12.1 Å². The van der Waals surface area contributed by atoms with Crippen molar-refractivity contribution in [3.63, 3.8) is 0 Å². The van der Waals surface area contributed by atoms with Crippen molar-refractivity contribution in [3.05, 3.63) is 11.1 Å². The van der Waals surface area contributed by atoms with E-state index >= 15 is 0 Å². The van der Waals surface area contributed by atoms with Gasteiger partial charge < -0.3 is 5.32 Å². The molecule has 0 aromatic carbocycles. The predicted octanol–water partition coefficient (Wildman–Crippen LogP) is 1.70. The first kappa shape index (κ1) is 6.23. The minimum Gasteiger partial charge on any atom is -0.307 e. The fourth-order valence-corrected chi connectivity index (χ4v) is 5.15. The summed E-state index contributed by atoms with van der Waals surface area (Å²) in [6.07, 6.45) is 6.06. The number of allylic oxidation sites excluding steroid dienone is 1. The van der Waals surface area contributed by atoms with Crippen LogP contribution < -0.4 is 5.32 Å². The van der Waals surface area contributed by atoms with Crippen molar-refractivity contribution in [2.45, 2.75) is 31.2 Å². The van der Waals surface area contributed by atoms with Crippen molar-refractivity contribution in [2.75, 3.05) is 6.54 Å². The summed E-state index contributed by atoms with van der Waals surface area (Å²) in [5.41, 5.74) is 4.48. The molecule has 6 rings (SSSR count). The Morgan fingerprint density at radius 2 is 2.15 bits per heavy atom. The number of hydrogen-bond donors (Lipinski definition) is 1. The van der Waals surface area contributed by atoms with E-state index in [-0.39, 0.29) is 0 Å². The monoisotopic (exact) mass is 173 g/mol. The Labute approximate surface area is 78.6 Å². The lowest BCUT2D eigenvalue weighted by molar-refractivity contribution is 0.0550. The van der Waals surface area contributed by atoms with Crippen LogP contribution in [0.3, 0.4) is 0 Å². The summed E-state index contributed by atoms with van der Waals surface area (Å²) < 4.78 is 0. The maximum Gasteiger partial charge on any atom is 0.0412 e. The smallest absolute Gasteiger partial charge is 0.0412 e. The molecule has 2 heterocycles. The zero-order valence-electron chi connectivity index (χ0n) is 7.84. The third kappa shape index (κ3) is 0.428. The van der Waals surface area contributed by atoms with Gasteiger partial charge in [-0.3, -0.25) is 0 Å². The second-order valence-corrected chi connectivity index (χ2v) is 5.89. The quantitative estimate of drug-likeness (QED) is 0.550. The third-order valence-corrected chi connectivity index (χ3v) is 5.73. The molecular weight excluding hydrogens is 158 g/mol. The Balaban J connectivity index is 1.73. The largest absolute Gasteiger partial charge is 0.307 e. The van der Waals surface area contributed by atoms with Crippen LogP contribution in [0.1, 0.15) is 25.7 Å². The zero-order chi connectivity index (χ0) is 8.21. The molecule has 2 bridgehead atoms. The molecule has 3 saturated carbocycles. The van der Waals surface area contributed by atoms with E-state index in [2.05, 4.69) is 5.32 Å². The van der Waals surface area contributed by atoms with Crippen molar-refractivity contribution in [1.82, 2.24) is 5.32 Å². The van der Waals surface area contributed by atoms with Gasteiger partial charge in [-0.1, -0.05) is 5.57 Å². The van der Waals surface area contributed by atoms with Crippen LogP contribution in [0.15, 0.2) is 11.1 Å². The molecule has 0 aromatic rings. The van der Waals surface area contributed by atoms with E-state index < -0.39 is 0 Å². The van der Waals surface area contributed by atoms with Crippen LogP contribution in [0.5, 0.6) is 0 Å². The molecule has 5 unspecified atom stereocenters. The highest BCUT2D eigenvalue weighted by atomic mass is 15.1. The van der Waals surface area contributed by atoms with Gasteiger partial charge in [-0.05, 0) is 54.9 Å². The van der Waals surface area contributed by atoms with E-state index in [0.29, 0.717) is 5.54 Å². The molecule has 2 saturated heterocycles. The number of nitrogens with one attached hydrogen (secondary N) is 1. The molecule has 0 radical (unpaired) electrons. The topological polar surface area (TPSA) is 12.0 Å². The average molecular weight is 173 g/mol. The summed E-state index contributed by atoms with van der Waals surface area (Å²) in [5, 5.41) is 3.78. The minimum atomic E-state index is 0.585. The molecule has 1 nitrogen and oxygen atoms in total. The molecule has 2 aliphatic heterocycles. The maximum absolute atomic E-state index is 3.78. The lowest BCUT2D eigenvalue weighted by Crippen LogP contribution is -2.46. The summed E-state index contributed by atoms with van der Waals surface area (Å²) >= 11 is 0. The first-order valence-electron chi connectivity index (χ1n) is 5.88. The van der Waals surface area contributed by atoms with Gasteiger partial charge in [0.15, 0.2) is 0 Å². The molecule has 1 heteroatoms. The van der Waals surface area contributed by atoms with E-state index in [4.69, 9.17) is 0 Å². The Morgan fingerprint density at radius 3 is 2.92 bits per heavy atom. The van der Waals surface area contributed by atoms with E-state index in [0.717, 1.165) is 23.7 Å². The summed E-state index contributed by atoms with van der Waals surface area (Å²) in [7, 11) is 0. The second kappa shape index (κ2) is 1.52. The lowest BCUT2D eigenvalue weighted by atomic mass is 9.50. The van der Waals surface area contributed by atoms with Crippen molar-refractivity contribution in [3.8, 4) is 0 Å². The normalized spacial score (nSPS) is 64.6. The van der Waals surface area contributed by atoms with Gasteiger partial charge in [0.1, 0.15) is 0 Å². The van der Waals surface area contributed by atoms with Crippen molar-refractivity contribution >= 4 is 0 Å². The third-order valence-electron chi connectivity index (χ3n) is 5.73. The van der Waals surface area contributed by atoms with Gasteiger partial charge in [-0.25, -0.2) is 0 Å². The van der Waals surface area contributed by atoms with Gasteiger partial charge in [0.25, 0.3) is 0 Å². The van der Waals surface area contributed by atoms with Crippen molar-refractivity contribution in [1.29, 1.82) is 0 Å². The predicted molar refractivity (Wildman–Crippen MR) is 50.2 cm³/mol.